The summed E-state index contributed by atoms with van der Waals surface area (Å²) < 4.78 is 47.1. The number of rotatable bonds is 3. The van der Waals surface area contributed by atoms with E-state index >= 15 is 0 Å². The zero-order valence-corrected chi connectivity index (χ0v) is 27.9. The standard InChI is InChI=1S/C24H32N2OS.C11H15N.Ir/c1-14-8-9-18-17-6-5-7-19(21(17)27-23(18)26-14)20-22-15(10-11-25-20)12-16(28-22)13-24(2,3)4;1-2-6-10(7-3-1)11-8-4-5-9-12-11;/h7,10,12,17-18,20,22-23H,5-6,8-9,11,13H2,1-4H3;8H,1-6,9H2;/q2*-2;/t17-,18?,20-,22?,23?;;/m0../s1/i1D3,13D2;;. The Morgan fingerprint density at radius 2 is 2.12 bits per heavy atom. The first-order chi connectivity index (χ1) is 21.3. The molecule has 5 heterocycles. The van der Waals surface area contributed by atoms with Crippen LogP contribution in [0.2, 0.25) is 0 Å². The van der Waals surface area contributed by atoms with Gasteiger partial charge in [-0.1, -0.05) is 59.3 Å². The maximum absolute atomic E-state index is 8.75. The third-order valence-electron chi connectivity index (χ3n) is 8.69. The van der Waals surface area contributed by atoms with Gasteiger partial charge >= 0.3 is 0 Å². The third kappa shape index (κ3) is 7.31. The Morgan fingerprint density at radius 3 is 2.88 bits per heavy atom. The Balaban J connectivity index is 0.000000269. The van der Waals surface area contributed by atoms with E-state index in [2.05, 4.69) is 35.0 Å². The predicted octanol–water partition coefficient (Wildman–Crippen LogP) is 9.54. The SMILES string of the molecule is [2H]C([2H])([2H])C1=NC2OC3=C([C@@H]4[N-]CC=C5C=C(C([2H])([2H])C(C)(C)C)SC54)[CH-]CC[C@H]3C2CC1.[C-]1=C(C2=CCCC[N-]2)CCCC1.[Ir]. The number of ether oxygens (including phenoxy) is 1. The minimum Gasteiger partial charge on any atom is -0.770 e. The van der Waals surface area contributed by atoms with Crippen LogP contribution in [0.3, 0.4) is 0 Å². The molecule has 0 N–H and O–H groups in total. The van der Waals surface area contributed by atoms with Gasteiger partial charge in [-0.05, 0) is 59.7 Å². The Kier molecular flexibility index (Phi) is 8.36. The second-order valence-corrected chi connectivity index (χ2v) is 14.1. The summed E-state index contributed by atoms with van der Waals surface area (Å²) in [6.07, 6.45) is 21.0. The number of hydrogen-bond acceptors (Lipinski definition) is 3. The molecule has 5 atom stereocenters. The predicted molar refractivity (Wildman–Crippen MR) is 169 cm³/mol. The molecule has 5 aliphatic heterocycles. The average molecular weight is 755 g/mol. The van der Waals surface area contributed by atoms with Crippen molar-refractivity contribution in [1.82, 2.24) is 0 Å². The normalized spacial score (nSPS) is 34.9. The first kappa shape index (κ1) is 25.2. The maximum Gasteiger partial charge on any atom is 0.171 e. The van der Waals surface area contributed by atoms with Gasteiger partial charge in [-0.25, -0.2) is 12.0 Å². The van der Waals surface area contributed by atoms with E-state index in [0.717, 1.165) is 54.0 Å². The van der Waals surface area contributed by atoms with Crippen LogP contribution < -0.4 is 0 Å². The molecule has 0 spiro atoms. The van der Waals surface area contributed by atoms with Gasteiger partial charge < -0.3 is 21.1 Å². The van der Waals surface area contributed by atoms with E-state index in [4.69, 9.17) is 16.9 Å². The van der Waals surface area contributed by atoms with Gasteiger partial charge in [0.25, 0.3) is 0 Å². The van der Waals surface area contributed by atoms with Crippen molar-refractivity contribution in [2.75, 3.05) is 13.1 Å². The first-order valence-electron chi connectivity index (χ1n) is 17.9. The van der Waals surface area contributed by atoms with Crippen LogP contribution in [0.25, 0.3) is 10.6 Å². The second kappa shape index (κ2) is 13.6. The number of allylic oxidation sites excluding steroid dienone is 6. The fraction of sp³-hybridized carbons (Fsp3) is 0.657. The maximum atomic E-state index is 8.75. The van der Waals surface area contributed by atoms with E-state index in [-0.39, 0.29) is 48.9 Å². The minimum atomic E-state index is -2.15. The molecular weight excluding hydrogens is 703 g/mol. The van der Waals surface area contributed by atoms with Crippen molar-refractivity contribution < 1.29 is 31.7 Å². The molecule has 4 nitrogen and oxygen atoms in total. The molecule has 0 amide bonds. The van der Waals surface area contributed by atoms with E-state index in [0.29, 0.717) is 13.0 Å². The van der Waals surface area contributed by atoms with Crippen molar-refractivity contribution in [3.05, 3.63) is 74.4 Å². The molecule has 1 saturated heterocycles. The molecule has 0 aromatic carbocycles. The van der Waals surface area contributed by atoms with Gasteiger partial charge in [0.15, 0.2) is 6.23 Å². The van der Waals surface area contributed by atoms with E-state index in [9.17, 15) is 0 Å². The van der Waals surface area contributed by atoms with Gasteiger partial charge in [0.1, 0.15) is 0 Å². The number of fused-ring (bicyclic) bond motifs is 4. The molecule has 2 aliphatic carbocycles. The minimum absolute atomic E-state index is 0. The molecule has 3 unspecified atom stereocenters. The molecule has 1 fully saturated rings. The molecule has 41 heavy (non-hydrogen) atoms. The van der Waals surface area contributed by atoms with Crippen molar-refractivity contribution in [2.24, 2.45) is 22.2 Å². The Bertz CT molecular complexity index is 1320. The van der Waals surface area contributed by atoms with Crippen LogP contribution in [-0.2, 0) is 24.8 Å². The fourth-order valence-corrected chi connectivity index (χ4v) is 8.35. The van der Waals surface area contributed by atoms with Crippen molar-refractivity contribution in [1.29, 1.82) is 0 Å². The van der Waals surface area contributed by atoms with Gasteiger partial charge in [-0.3, -0.25) is 11.1 Å². The molecular formula is C35H47IrN3OS-4. The van der Waals surface area contributed by atoms with Crippen molar-refractivity contribution in [2.45, 2.75) is 116 Å². The van der Waals surface area contributed by atoms with Crippen LogP contribution in [-0.4, -0.2) is 36.3 Å². The zero-order valence-electron chi connectivity index (χ0n) is 29.7. The summed E-state index contributed by atoms with van der Waals surface area (Å²) in [7, 11) is 0. The van der Waals surface area contributed by atoms with Crippen molar-refractivity contribution >= 4 is 17.5 Å². The van der Waals surface area contributed by atoms with Crippen LogP contribution in [0.1, 0.15) is 105 Å². The summed E-state index contributed by atoms with van der Waals surface area (Å²) >= 11 is 1.61. The monoisotopic (exact) mass is 755 g/mol. The number of aliphatic imine (C=N–C) groups is 1. The van der Waals surface area contributed by atoms with Crippen molar-refractivity contribution in [3.8, 4) is 0 Å². The van der Waals surface area contributed by atoms with Crippen LogP contribution in [0, 0.1) is 29.7 Å². The summed E-state index contributed by atoms with van der Waals surface area (Å²) in [5.41, 5.74) is 4.69. The zero-order chi connectivity index (χ0) is 32.0. The van der Waals surface area contributed by atoms with Crippen LogP contribution in [0.15, 0.2) is 56.3 Å². The van der Waals surface area contributed by atoms with Crippen LogP contribution >= 0.6 is 11.8 Å². The summed E-state index contributed by atoms with van der Waals surface area (Å²) in [6, 6.07) is -0.0801. The summed E-state index contributed by atoms with van der Waals surface area (Å²) in [5.74, 6) is 1.45. The molecule has 0 bridgehead atoms. The fourth-order valence-electron chi connectivity index (χ4n) is 6.84. The molecule has 0 aromatic heterocycles. The molecule has 227 valence electrons. The smallest absolute Gasteiger partial charge is 0.171 e. The van der Waals surface area contributed by atoms with E-state index in [1.165, 1.54) is 43.4 Å². The van der Waals surface area contributed by atoms with E-state index in [1.54, 1.807) is 11.8 Å². The van der Waals surface area contributed by atoms with E-state index < -0.39 is 24.9 Å². The number of thioether (sulfide) groups is 1. The van der Waals surface area contributed by atoms with E-state index in [1.807, 2.05) is 26.8 Å². The molecule has 7 rings (SSSR count). The summed E-state index contributed by atoms with van der Waals surface area (Å²) in [4.78, 5) is 5.31. The van der Waals surface area contributed by atoms with Gasteiger partial charge in [0.05, 0.1) is 0 Å². The Labute approximate surface area is 273 Å². The molecule has 0 aromatic rings. The molecule has 7 aliphatic rings. The topological polar surface area (TPSA) is 49.8 Å². The third-order valence-corrected chi connectivity index (χ3v) is 9.95. The average Bonchev–Trinajstić information content (AvgIpc) is 3.63. The Morgan fingerprint density at radius 1 is 1.22 bits per heavy atom. The van der Waals surface area contributed by atoms with Gasteiger partial charge in [-0.2, -0.15) is 11.6 Å². The summed E-state index contributed by atoms with van der Waals surface area (Å²) in [6.45, 7) is 5.31. The number of hydrogen-bond donors (Lipinski definition) is 0. The summed E-state index contributed by atoms with van der Waals surface area (Å²) in [5, 5.41) is 9.53. The van der Waals surface area contributed by atoms with Crippen LogP contribution in [0.4, 0.5) is 0 Å². The largest absolute Gasteiger partial charge is 0.770 e. The molecule has 1 radical (unpaired) electrons. The molecule has 6 heteroatoms. The van der Waals surface area contributed by atoms with Gasteiger partial charge in [0.2, 0.25) is 0 Å². The van der Waals surface area contributed by atoms with Gasteiger partial charge in [-0.15, -0.1) is 49.8 Å². The van der Waals surface area contributed by atoms with Crippen LogP contribution in [0.5, 0.6) is 0 Å². The quantitative estimate of drug-likeness (QED) is 0.270. The second-order valence-electron chi connectivity index (χ2n) is 12.9. The van der Waals surface area contributed by atoms with Gasteiger partial charge in [0, 0.05) is 43.8 Å². The number of nitrogens with zero attached hydrogens (tertiary/aromatic N) is 3. The first-order valence-corrected chi connectivity index (χ1v) is 16.3. The Hall–Kier alpha value is -1.20. The molecule has 0 saturated carbocycles. The van der Waals surface area contributed by atoms with Crippen molar-refractivity contribution in [3.63, 3.8) is 0 Å².